The van der Waals surface area contributed by atoms with Gasteiger partial charge >= 0.3 is 11.9 Å². The van der Waals surface area contributed by atoms with Crippen molar-refractivity contribution in [3.05, 3.63) is 25.7 Å². The molecule has 0 radical (unpaired) electrons. The summed E-state index contributed by atoms with van der Waals surface area (Å²) in [6.07, 6.45) is 8.99. The molecule has 5 heteroatoms. The topological polar surface area (TPSA) is 83.8 Å². The molecular weight excluding hydrogens is 272 g/mol. The lowest BCUT2D eigenvalue weighted by atomic mass is 9.78. The highest BCUT2D eigenvalue weighted by atomic mass is 16.5. The van der Waals surface area contributed by atoms with Gasteiger partial charge in [-0.3, -0.25) is 9.59 Å². The maximum atomic E-state index is 10.4. The molecule has 1 saturated carbocycles. The van der Waals surface area contributed by atoms with E-state index < -0.39 is 11.9 Å². The van der Waals surface area contributed by atoms with Crippen LogP contribution in [0.15, 0.2) is 25.7 Å². The van der Waals surface area contributed by atoms with Crippen molar-refractivity contribution in [1.29, 1.82) is 0 Å². The second-order valence-electron chi connectivity index (χ2n) is 5.22. The highest BCUT2D eigenvalue weighted by molar-refractivity contribution is 5.66. The van der Waals surface area contributed by atoms with Crippen LogP contribution in [-0.2, 0) is 14.3 Å². The fourth-order valence-corrected chi connectivity index (χ4v) is 2.53. The second-order valence-corrected chi connectivity index (χ2v) is 5.22. The summed E-state index contributed by atoms with van der Waals surface area (Å²) >= 11 is 0. The lowest BCUT2D eigenvalue weighted by Crippen LogP contribution is -2.16. The number of carboxylic acids is 2. The average molecular weight is 298 g/mol. The first-order valence-electron chi connectivity index (χ1n) is 7.30. The molecule has 1 aliphatic carbocycles. The molecule has 21 heavy (non-hydrogen) atoms. The molecule has 0 aromatic rings. The zero-order valence-electron chi connectivity index (χ0n) is 12.5. The predicted octanol–water partition coefficient (Wildman–Crippen LogP) is 3.81. The van der Waals surface area contributed by atoms with E-state index in [0.29, 0.717) is 11.8 Å². The number of aliphatic carboxylic acids is 2. The molecule has 0 saturated heterocycles. The first-order chi connectivity index (χ1) is 9.99. The quantitative estimate of drug-likeness (QED) is 0.666. The lowest BCUT2D eigenvalue weighted by Gasteiger charge is -2.27. The summed E-state index contributed by atoms with van der Waals surface area (Å²) < 4.78 is 4.36. The van der Waals surface area contributed by atoms with Crippen LogP contribution in [0.2, 0.25) is 0 Å². The summed E-state index contributed by atoms with van der Waals surface area (Å²) in [6, 6.07) is 0. The van der Waals surface area contributed by atoms with Crippen molar-refractivity contribution in [3.8, 4) is 0 Å². The predicted molar refractivity (Wildman–Crippen MR) is 80.7 cm³/mol. The third-order valence-corrected chi connectivity index (χ3v) is 3.69. The first kappa shape index (κ1) is 19.2. The number of rotatable bonds is 8. The number of carbonyl (C=O) groups is 2. The Morgan fingerprint density at radius 3 is 1.43 bits per heavy atom. The third-order valence-electron chi connectivity index (χ3n) is 3.69. The van der Waals surface area contributed by atoms with Crippen LogP contribution in [0.25, 0.3) is 0 Å². The Bertz CT molecular complexity index is 298. The monoisotopic (exact) mass is 298 g/mol. The molecule has 1 rings (SSSR count). The molecule has 0 spiro atoms. The molecule has 0 unspecified atom stereocenters. The van der Waals surface area contributed by atoms with Crippen LogP contribution < -0.4 is 0 Å². The van der Waals surface area contributed by atoms with Gasteiger partial charge in [0.1, 0.15) is 0 Å². The average Bonchev–Trinajstić information content (AvgIpc) is 2.45. The molecule has 5 nitrogen and oxygen atoms in total. The van der Waals surface area contributed by atoms with Crippen LogP contribution in [0.4, 0.5) is 0 Å². The fraction of sp³-hybridized carbons (Fsp3) is 0.625. The van der Waals surface area contributed by atoms with E-state index in [0.717, 1.165) is 38.5 Å². The van der Waals surface area contributed by atoms with Gasteiger partial charge in [-0.1, -0.05) is 38.8 Å². The van der Waals surface area contributed by atoms with E-state index >= 15 is 0 Å². The van der Waals surface area contributed by atoms with E-state index in [9.17, 15) is 9.59 Å². The molecule has 1 fully saturated rings. The molecule has 120 valence electrons. The zero-order chi connectivity index (χ0) is 16.1. The maximum absolute atomic E-state index is 10.4. The van der Waals surface area contributed by atoms with E-state index in [1.807, 2.05) is 0 Å². The van der Waals surface area contributed by atoms with Crippen molar-refractivity contribution in [3.63, 3.8) is 0 Å². The number of hydrogen-bond donors (Lipinski definition) is 2. The smallest absolute Gasteiger partial charge is 0.303 e. The summed E-state index contributed by atoms with van der Waals surface area (Å²) in [5.41, 5.74) is 0. The molecule has 2 N–H and O–H groups in total. The van der Waals surface area contributed by atoms with Gasteiger partial charge < -0.3 is 14.9 Å². The van der Waals surface area contributed by atoms with Crippen LogP contribution in [0, 0.1) is 11.8 Å². The van der Waals surface area contributed by atoms with Crippen LogP contribution in [0.3, 0.4) is 0 Å². The van der Waals surface area contributed by atoms with Crippen LogP contribution >= 0.6 is 0 Å². The summed E-state index contributed by atoms with van der Waals surface area (Å²) in [5.74, 6) is -0.352. The van der Waals surface area contributed by atoms with Gasteiger partial charge in [-0.05, 0) is 24.7 Å². The Balaban J connectivity index is 0.000000690. The van der Waals surface area contributed by atoms with E-state index in [-0.39, 0.29) is 12.8 Å². The summed E-state index contributed by atoms with van der Waals surface area (Å²) in [4.78, 5) is 20.8. The van der Waals surface area contributed by atoms with Crippen LogP contribution in [0.5, 0.6) is 0 Å². The second kappa shape index (κ2) is 12.0. The Kier molecular flexibility index (Phi) is 11.0. The first-order valence-corrected chi connectivity index (χ1v) is 7.30. The SMILES string of the molecule is C=COC=C.O=C(O)CCC1CCC(CCC(=O)O)CC1. The Hall–Kier alpha value is -1.78. The van der Waals surface area contributed by atoms with Gasteiger partial charge in [-0.15, -0.1) is 0 Å². The van der Waals surface area contributed by atoms with Gasteiger partial charge in [0, 0.05) is 12.8 Å². The molecule has 0 aliphatic heterocycles. The molecule has 0 amide bonds. The molecular formula is C16H26O5. The van der Waals surface area contributed by atoms with Crippen molar-refractivity contribution in [2.75, 3.05) is 0 Å². The van der Waals surface area contributed by atoms with Crippen molar-refractivity contribution < 1.29 is 24.5 Å². The van der Waals surface area contributed by atoms with Gasteiger partial charge in [-0.2, -0.15) is 0 Å². The van der Waals surface area contributed by atoms with Crippen LogP contribution in [0.1, 0.15) is 51.4 Å². The molecule has 1 aliphatic rings. The van der Waals surface area contributed by atoms with Crippen molar-refractivity contribution >= 4 is 11.9 Å². The highest BCUT2D eigenvalue weighted by Crippen LogP contribution is 2.33. The number of ether oxygens (including phenoxy) is 1. The Labute approximate surface area is 126 Å². The summed E-state index contributed by atoms with van der Waals surface area (Å²) in [7, 11) is 0. The Morgan fingerprint density at radius 2 is 1.24 bits per heavy atom. The lowest BCUT2D eigenvalue weighted by molar-refractivity contribution is -0.138. The number of carboxylic acid groups (broad SMARTS) is 2. The van der Waals surface area contributed by atoms with Crippen LogP contribution in [-0.4, -0.2) is 22.2 Å². The van der Waals surface area contributed by atoms with E-state index in [1.54, 1.807) is 0 Å². The molecule has 0 heterocycles. The molecule has 0 aromatic carbocycles. The fourth-order valence-electron chi connectivity index (χ4n) is 2.53. The van der Waals surface area contributed by atoms with Gasteiger partial charge in [0.2, 0.25) is 0 Å². The minimum atomic E-state index is -0.715. The van der Waals surface area contributed by atoms with E-state index in [4.69, 9.17) is 10.2 Å². The zero-order valence-corrected chi connectivity index (χ0v) is 12.5. The van der Waals surface area contributed by atoms with Gasteiger partial charge in [0.25, 0.3) is 0 Å². The van der Waals surface area contributed by atoms with Crippen molar-refractivity contribution in [2.24, 2.45) is 11.8 Å². The Morgan fingerprint density at radius 1 is 0.905 bits per heavy atom. The van der Waals surface area contributed by atoms with Gasteiger partial charge in [0.15, 0.2) is 0 Å². The van der Waals surface area contributed by atoms with Crippen molar-refractivity contribution in [1.82, 2.24) is 0 Å². The molecule has 0 atom stereocenters. The third kappa shape index (κ3) is 11.7. The minimum Gasteiger partial charge on any atom is -0.481 e. The summed E-state index contributed by atoms with van der Waals surface area (Å²) in [6.45, 7) is 6.51. The van der Waals surface area contributed by atoms with Crippen molar-refractivity contribution in [2.45, 2.75) is 51.4 Å². The largest absolute Gasteiger partial charge is 0.481 e. The highest BCUT2D eigenvalue weighted by Gasteiger charge is 2.21. The maximum Gasteiger partial charge on any atom is 0.303 e. The van der Waals surface area contributed by atoms with E-state index in [1.165, 1.54) is 12.5 Å². The van der Waals surface area contributed by atoms with Gasteiger partial charge in [-0.25, -0.2) is 0 Å². The molecule has 0 bridgehead atoms. The minimum absolute atomic E-state index is 0.268. The molecule has 0 aromatic heterocycles. The standard InChI is InChI=1S/C12H20O4.C4H6O/c13-11(14)7-5-9-1-2-10(4-3-9)6-8-12(15)16;1-3-5-4-2/h9-10H,1-8H2,(H,13,14)(H,15,16);3-4H,1-2H2. The van der Waals surface area contributed by atoms with Gasteiger partial charge in [0.05, 0.1) is 12.5 Å². The normalized spacial score (nSPS) is 20.6. The summed E-state index contributed by atoms with van der Waals surface area (Å²) in [5, 5.41) is 17.2. The van der Waals surface area contributed by atoms with E-state index in [2.05, 4.69) is 17.9 Å². The number of hydrogen-bond acceptors (Lipinski definition) is 3.